The first kappa shape index (κ1) is 16.1. The first-order valence-corrected chi connectivity index (χ1v) is 7.20. The second-order valence-electron chi connectivity index (χ2n) is 3.76. The number of benzene rings is 1. The second kappa shape index (κ2) is 8.99. The maximum absolute atomic E-state index is 11.9. The Kier molecular flexibility index (Phi) is 7.22. The van der Waals surface area contributed by atoms with Crippen molar-refractivity contribution in [1.82, 2.24) is 5.32 Å². The van der Waals surface area contributed by atoms with Gasteiger partial charge in [0.2, 0.25) is 0 Å². The fraction of sp³-hybridized carbons (Fsp3) is 0.357. The molecule has 0 bridgehead atoms. The summed E-state index contributed by atoms with van der Waals surface area (Å²) < 4.78 is 4.96. The summed E-state index contributed by atoms with van der Waals surface area (Å²) >= 11 is 1.54. The molecular formula is C14H16N2O3S. The molecule has 1 aromatic carbocycles. The van der Waals surface area contributed by atoms with Gasteiger partial charge in [-0.2, -0.15) is 5.26 Å². The van der Waals surface area contributed by atoms with Crippen molar-refractivity contribution >= 4 is 23.6 Å². The molecule has 0 unspecified atom stereocenters. The van der Waals surface area contributed by atoms with E-state index < -0.39 is 11.9 Å². The molecule has 0 saturated carbocycles. The van der Waals surface area contributed by atoms with Gasteiger partial charge in [0.1, 0.15) is 0 Å². The van der Waals surface area contributed by atoms with Crippen LogP contribution in [0.15, 0.2) is 29.2 Å². The number of nitrogens with zero attached hydrogens (tertiary/aromatic N) is 1. The predicted octanol–water partition coefficient (Wildman–Crippen LogP) is 1.99. The summed E-state index contributed by atoms with van der Waals surface area (Å²) in [5.41, 5.74) is 0.462. The third kappa shape index (κ3) is 5.33. The molecule has 0 aliphatic rings. The molecule has 0 aliphatic carbocycles. The minimum atomic E-state index is -0.517. The van der Waals surface area contributed by atoms with Crippen LogP contribution >= 0.6 is 11.8 Å². The van der Waals surface area contributed by atoms with Crippen molar-refractivity contribution in [2.24, 2.45) is 0 Å². The highest BCUT2D eigenvalue weighted by Crippen LogP contribution is 2.22. The third-order valence-corrected chi connectivity index (χ3v) is 3.26. The van der Waals surface area contributed by atoms with E-state index in [0.29, 0.717) is 5.56 Å². The average molecular weight is 292 g/mol. The monoisotopic (exact) mass is 292 g/mol. The van der Waals surface area contributed by atoms with Crippen LogP contribution in [0.2, 0.25) is 0 Å². The van der Waals surface area contributed by atoms with Crippen LogP contribution in [0.5, 0.6) is 0 Å². The van der Waals surface area contributed by atoms with Crippen molar-refractivity contribution in [2.45, 2.75) is 18.2 Å². The fourth-order valence-corrected chi connectivity index (χ4v) is 2.23. The highest BCUT2D eigenvalue weighted by Gasteiger charge is 2.13. The lowest BCUT2D eigenvalue weighted by atomic mass is 10.2. The van der Waals surface area contributed by atoms with Crippen molar-refractivity contribution in [1.29, 1.82) is 5.26 Å². The van der Waals surface area contributed by atoms with Gasteiger partial charge in [-0.05, 0) is 17.9 Å². The summed E-state index contributed by atoms with van der Waals surface area (Å²) in [4.78, 5) is 24.1. The van der Waals surface area contributed by atoms with Gasteiger partial charge in [0, 0.05) is 11.4 Å². The van der Waals surface area contributed by atoms with Crippen LogP contribution in [0.1, 0.15) is 23.7 Å². The number of nitriles is 1. The van der Waals surface area contributed by atoms with Crippen LogP contribution in [-0.2, 0) is 9.53 Å². The Hall–Kier alpha value is -2.00. The second-order valence-corrected chi connectivity index (χ2v) is 5.07. The Morgan fingerprint density at radius 1 is 1.40 bits per heavy atom. The van der Waals surface area contributed by atoms with Gasteiger partial charge in [-0.15, -0.1) is 11.8 Å². The minimum absolute atomic E-state index is 0.232. The number of rotatable bonds is 7. The van der Waals surface area contributed by atoms with Crippen molar-refractivity contribution < 1.29 is 14.3 Å². The van der Waals surface area contributed by atoms with Gasteiger partial charge in [0.05, 0.1) is 18.1 Å². The minimum Gasteiger partial charge on any atom is -0.452 e. The molecular weight excluding hydrogens is 276 g/mol. The van der Waals surface area contributed by atoms with Gasteiger partial charge < -0.3 is 10.1 Å². The number of esters is 1. The first-order valence-electron chi connectivity index (χ1n) is 6.21. The number of amides is 1. The van der Waals surface area contributed by atoms with Gasteiger partial charge in [0.25, 0.3) is 5.91 Å². The number of hydrogen-bond donors (Lipinski definition) is 1. The lowest BCUT2D eigenvalue weighted by Gasteiger charge is -2.08. The molecule has 0 saturated heterocycles. The summed E-state index contributed by atoms with van der Waals surface area (Å²) in [5, 5.41) is 10.8. The van der Waals surface area contributed by atoms with Crippen LogP contribution in [0.4, 0.5) is 0 Å². The molecule has 1 rings (SSSR count). The largest absolute Gasteiger partial charge is 0.452 e. The van der Waals surface area contributed by atoms with Crippen molar-refractivity contribution in [3.05, 3.63) is 29.8 Å². The van der Waals surface area contributed by atoms with Crippen molar-refractivity contribution in [3.8, 4) is 6.07 Å². The molecule has 1 N–H and O–H groups in total. The van der Waals surface area contributed by atoms with E-state index in [1.807, 2.05) is 25.1 Å². The van der Waals surface area contributed by atoms with Gasteiger partial charge in [0.15, 0.2) is 6.61 Å². The number of ether oxygens (including phenoxy) is 1. The zero-order valence-corrected chi connectivity index (χ0v) is 12.0. The molecule has 0 radical (unpaired) electrons. The van der Waals surface area contributed by atoms with Gasteiger partial charge in [-0.25, -0.2) is 4.79 Å². The molecule has 0 aromatic heterocycles. The molecule has 6 heteroatoms. The molecule has 0 spiro atoms. The van der Waals surface area contributed by atoms with Gasteiger partial charge >= 0.3 is 5.97 Å². The zero-order valence-electron chi connectivity index (χ0n) is 11.2. The van der Waals surface area contributed by atoms with Crippen LogP contribution < -0.4 is 5.32 Å². The Morgan fingerprint density at radius 2 is 2.15 bits per heavy atom. The van der Waals surface area contributed by atoms with E-state index in [1.165, 1.54) is 0 Å². The summed E-state index contributed by atoms with van der Waals surface area (Å²) in [6, 6.07) is 9.03. The van der Waals surface area contributed by atoms with Crippen LogP contribution in [0, 0.1) is 11.3 Å². The van der Waals surface area contributed by atoms with Gasteiger partial charge in [-0.1, -0.05) is 19.1 Å². The van der Waals surface area contributed by atoms with E-state index in [-0.39, 0.29) is 19.6 Å². The molecule has 0 heterocycles. The zero-order chi connectivity index (χ0) is 14.8. The predicted molar refractivity (Wildman–Crippen MR) is 76.4 cm³/mol. The molecule has 106 valence electrons. The molecule has 0 atom stereocenters. The van der Waals surface area contributed by atoms with Crippen LogP contribution in [-0.4, -0.2) is 30.8 Å². The van der Waals surface area contributed by atoms with E-state index in [2.05, 4.69) is 5.32 Å². The van der Waals surface area contributed by atoms with E-state index in [1.54, 1.807) is 23.9 Å². The van der Waals surface area contributed by atoms with Crippen LogP contribution in [0.3, 0.4) is 0 Å². The van der Waals surface area contributed by atoms with Crippen LogP contribution in [0.25, 0.3) is 0 Å². The molecule has 5 nitrogen and oxygen atoms in total. The molecule has 20 heavy (non-hydrogen) atoms. The smallest absolute Gasteiger partial charge is 0.339 e. The van der Waals surface area contributed by atoms with E-state index in [0.717, 1.165) is 10.6 Å². The molecule has 1 aromatic rings. The summed E-state index contributed by atoms with van der Waals surface area (Å²) in [6.07, 6.45) is 0.232. The standard InChI is InChI=1S/C14H16N2O3S/c1-2-20-12-7-4-3-6-11(12)14(18)19-10-13(17)16-9-5-8-15/h3-4,6-7H,2,5,9-10H2,1H3,(H,16,17). The van der Waals surface area contributed by atoms with Crippen molar-refractivity contribution in [3.63, 3.8) is 0 Å². The lowest BCUT2D eigenvalue weighted by molar-refractivity contribution is -0.124. The quantitative estimate of drug-likeness (QED) is 0.472. The van der Waals surface area contributed by atoms with Crippen molar-refractivity contribution in [2.75, 3.05) is 18.9 Å². The lowest BCUT2D eigenvalue weighted by Crippen LogP contribution is -2.29. The number of thioether (sulfide) groups is 1. The topological polar surface area (TPSA) is 79.2 Å². The Bertz CT molecular complexity index is 511. The SMILES string of the molecule is CCSc1ccccc1C(=O)OCC(=O)NCCC#N. The Labute approximate surface area is 122 Å². The van der Waals surface area contributed by atoms with E-state index in [4.69, 9.17) is 10.00 Å². The normalized spacial score (nSPS) is 9.60. The highest BCUT2D eigenvalue weighted by molar-refractivity contribution is 7.99. The van der Waals surface area contributed by atoms with Gasteiger partial charge in [-0.3, -0.25) is 4.79 Å². The molecule has 0 aliphatic heterocycles. The van der Waals surface area contributed by atoms with E-state index >= 15 is 0 Å². The Morgan fingerprint density at radius 3 is 2.85 bits per heavy atom. The first-order chi connectivity index (χ1) is 9.69. The number of carbonyl (C=O) groups excluding carboxylic acids is 2. The molecule has 1 amide bonds. The number of carbonyl (C=O) groups is 2. The number of nitrogens with one attached hydrogen (secondary N) is 1. The Balaban J connectivity index is 2.51. The summed E-state index contributed by atoms with van der Waals surface area (Å²) in [6.45, 7) is 1.92. The third-order valence-electron chi connectivity index (χ3n) is 2.30. The summed E-state index contributed by atoms with van der Waals surface area (Å²) in [7, 11) is 0. The molecule has 0 fully saturated rings. The average Bonchev–Trinajstić information content (AvgIpc) is 2.46. The maximum atomic E-state index is 11.9. The highest BCUT2D eigenvalue weighted by atomic mass is 32.2. The number of hydrogen-bond acceptors (Lipinski definition) is 5. The fourth-order valence-electron chi connectivity index (χ4n) is 1.43. The van der Waals surface area contributed by atoms with E-state index in [9.17, 15) is 9.59 Å². The summed E-state index contributed by atoms with van der Waals surface area (Å²) in [5.74, 6) is -0.0786. The maximum Gasteiger partial charge on any atom is 0.339 e.